The minimum atomic E-state index is -0.156. The second kappa shape index (κ2) is 8.79. The topological polar surface area (TPSA) is 88.3 Å². The van der Waals surface area contributed by atoms with Crippen molar-refractivity contribution in [2.75, 3.05) is 18.4 Å². The van der Waals surface area contributed by atoms with Crippen LogP contribution in [0.25, 0.3) is 11.3 Å². The van der Waals surface area contributed by atoms with Gasteiger partial charge in [-0.3, -0.25) is 9.59 Å². The van der Waals surface area contributed by atoms with Gasteiger partial charge in [-0.1, -0.05) is 35.5 Å². The van der Waals surface area contributed by atoms with Gasteiger partial charge in [0.2, 0.25) is 5.91 Å². The number of hydrogen-bond acceptors (Lipinski definition) is 5. The molecule has 0 unspecified atom stereocenters. The number of nitrogens with one attached hydrogen (secondary N) is 1. The highest BCUT2D eigenvalue weighted by molar-refractivity contribution is 9.10. The Bertz CT molecular complexity index is 1040. The zero-order valence-corrected chi connectivity index (χ0v) is 18.1. The Labute approximate surface area is 182 Å². The smallest absolute Gasteiger partial charge is 0.259 e. The average molecular weight is 469 g/mol. The van der Waals surface area contributed by atoms with E-state index in [9.17, 15) is 9.59 Å². The van der Waals surface area contributed by atoms with E-state index in [1.54, 1.807) is 24.1 Å². The number of aromatic nitrogens is 2. The molecule has 1 N–H and O–H groups in total. The number of benzene rings is 1. The Morgan fingerprint density at radius 2 is 1.87 bits per heavy atom. The summed E-state index contributed by atoms with van der Waals surface area (Å²) >= 11 is 3.33. The summed E-state index contributed by atoms with van der Waals surface area (Å²) in [6, 6.07) is 13.1. The number of nitrogens with zero attached hydrogens (tertiary/aromatic N) is 3. The highest BCUT2D eigenvalue weighted by Crippen LogP contribution is 2.28. The number of carbonyl (C=O) groups excluding carboxylic acids is 2. The Balaban J connectivity index is 1.41. The average Bonchev–Trinajstić information content (AvgIpc) is 3.17. The molecule has 0 aliphatic carbocycles. The predicted octanol–water partition coefficient (Wildman–Crippen LogP) is 4.30. The molecular formula is C22H21BrN4O3. The summed E-state index contributed by atoms with van der Waals surface area (Å²) in [4.78, 5) is 31.7. The second-order valence-electron chi connectivity index (χ2n) is 7.25. The van der Waals surface area contributed by atoms with Crippen LogP contribution in [0, 0.1) is 12.8 Å². The largest absolute Gasteiger partial charge is 0.360 e. The lowest BCUT2D eigenvalue weighted by molar-refractivity contribution is -0.121. The lowest BCUT2D eigenvalue weighted by atomic mass is 9.95. The molecule has 0 spiro atoms. The van der Waals surface area contributed by atoms with Gasteiger partial charge in [-0.25, -0.2) is 4.98 Å². The Morgan fingerprint density at radius 3 is 2.53 bits per heavy atom. The van der Waals surface area contributed by atoms with E-state index < -0.39 is 0 Å². The molecule has 3 aromatic rings. The summed E-state index contributed by atoms with van der Waals surface area (Å²) in [5.74, 6) is 0.690. The van der Waals surface area contributed by atoms with E-state index in [1.807, 2.05) is 36.4 Å². The second-order valence-corrected chi connectivity index (χ2v) is 8.16. The zero-order valence-electron chi connectivity index (χ0n) is 16.5. The molecule has 1 fully saturated rings. The third-order valence-corrected chi connectivity index (χ3v) is 5.72. The minimum Gasteiger partial charge on any atom is -0.360 e. The first-order valence-electron chi connectivity index (χ1n) is 9.76. The van der Waals surface area contributed by atoms with E-state index in [0.717, 1.165) is 10.0 Å². The summed E-state index contributed by atoms with van der Waals surface area (Å²) in [7, 11) is 0. The van der Waals surface area contributed by atoms with Crippen LogP contribution in [-0.2, 0) is 4.79 Å². The number of amides is 2. The van der Waals surface area contributed by atoms with Crippen LogP contribution >= 0.6 is 15.9 Å². The van der Waals surface area contributed by atoms with Crippen LogP contribution in [-0.4, -0.2) is 39.9 Å². The molecule has 30 heavy (non-hydrogen) atoms. The molecule has 1 saturated heterocycles. The van der Waals surface area contributed by atoms with Crippen LogP contribution in [0.5, 0.6) is 0 Å². The maximum absolute atomic E-state index is 13.2. The number of rotatable bonds is 4. The fourth-order valence-corrected chi connectivity index (χ4v) is 3.83. The molecule has 0 radical (unpaired) electrons. The van der Waals surface area contributed by atoms with Crippen LogP contribution < -0.4 is 5.32 Å². The first-order chi connectivity index (χ1) is 14.5. The van der Waals surface area contributed by atoms with Crippen molar-refractivity contribution in [2.24, 2.45) is 5.92 Å². The van der Waals surface area contributed by atoms with Gasteiger partial charge >= 0.3 is 0 Å². The van der Waals surface area contributed by atoms with Crippen molar-refractivity contribution in [1.29, 1.82) is 0 Å². The maximum atomic E-state index is 13.2. The molecule has 8 heteroatoms. The number of aryl methyl sites for hydroxylation is 1. The van der Waals surface area contributed by atoms with Crippen molar-refractivity contribution in [2.45, 2.75) is 19.8 Å². The van der Waals surface area contributed by atoms with E-state index >= 15 is 0 Å². The highest BCUT2D eigenvalue weighted by Gasteiger charge is 2.31. The Hall–Kier alpha value is -3.00. The van der Waals surface area contributed by atoms with Gasteiger partial charge in [0.1, 0.15) is 22.8 Å². The monoisotopic (exact) mass is 468 g/mol. The fraction of sp³-hybridized carbons (Fsp3) is 0.273. The molecule has 3 heterocycles. The molecule has 1 aromatic carbocycles. The van der Waals surface area contributed by atoms with Crippen molar-refractivity contribution >= 4 is 33.6 Å². The van der Waals surface area contributed by atoms with E-state index in [-0.39, 0.29) is 17.7 Å². The molecule has 0 saturated carbocycles. The first-order valence-corrected chi connectivity index (χ1v) is 10.6. The Morgan fingerprint density at radius 1 is 1.13 bits per heavy atom. The molecule has 154 valence electrons. The summed E-state index contributed by atoms with van der Waals surface area (Å²) in [6.07, 6.45) is 2.83. The Kier molecular flexibility index (Phi) is 5.94. The SMILES string of the molecule is Cc1onc(-c2ccccc2)c1C(=O)N1CCC(C(=O)Nc2ccc(Br)cn2)CC1. The standard InChI is InChI=1S/C22H21BrN4O3/c1-14-19(20(26-30-14)15-5-3-2-4-6-15)22(29)27-11-9-16(10-12-27)21(28)25-18-8-7-17(23)13-24-18/h2-8,13,16H,9-12H2,1H3,(H,24,25,28). The molecule has 0 bridgehead atoms. The number of piperidine rings is 1. The highest BCUT2D eigenvalue weighted by atomic mass is 79.9. The number of likely N-dealkylation sites (tertiary alicyclic amines) is 1. The van der Waals surface area contributed by atoms with Crippen molar-refractivity contribution in [3.8, 4) is 11.3 Å². The molecule has 1 aliphatic heterocycles. The lowest BCUT2D eigenvalue weighted by Gasteiger charge is -2.31. The summed E-state index contributed by atoms with van der Waals surface area (Å²) < 4.78 is 6.18. The van der Waals surface area contributed by atoms with Gasteiger partial charge in [0.05, 0.1) is 0 Å². The molecule has 2 aromatic heterocycles. The number of pyridine rings is 1. The third-order valence-electron chi connectivity index (χ3n) is 5.26. The van der Waals surface area contributed by atoms with Gasteiger partial charge in [-0.15, -0.1) is 0 Å². The van der Waals surface area contributed by atoms with Gasteiger partial charge in [-0.05, 0) is 47.8 Å². The van der Waals surface area contributed by atoms with Crippen LogP contribution in [0.1, 0.15) is 29.0 Å². The number of anilines is 1. The fourth-order valence-electron chi connectivity index (χ4n) is 3.60. The van der Waals surface area contributed by atoms with E-state index in [1.165, 1.54) is 0 Å². The molecular weight excluding hydrogens is 448 g/mol. The van der Waals surface area contributed by atoms with Crippen molar-refractivity contribution in [1.82, 2.24) is 15.0 Å². The molecule has 4 rings (SSSR count). The molecule has 1 aliphatic rings. The van der Waals surface area contributed by atoms with Crippen LogP contribution in [0.3, 0.4) is 0 Å². The number of hydrogen-bond donors (Lipinski definition) is 1. The summed E-state index contributed by atoms with van der Waals surface area (Å²) in [5, 5.41) is 6.95. The molecule has 0 atom stereocenters. The zero-order chi connectivity index (χ0) is 21.1. The molecule has 7 nitrogen and oxygen atoms in total. The maximum Gasteiger partial charge on any atom is 0.259 e. The van der Waals surface area contributed by atoms with Crippen LogP contribution in [0.4, 0.5) is 5.82 Å². The third kappa shape index (κ3) is 4.28. The van der Waals surface area contributed by atoms with Gasteiger partial charge in [0, 0.05) is 35.2 Å². The van der Waals surface area contributed by atoms with Crippen LogP contribution in [0.2, 0.25) is 0 Å². The predicted molar refractivity (Wildman–Crippen MR) is 116 cm³/mol. The first kappa shape index (κ1) is 20.3. The van der Waals surface area contributed by atoms with Gasteiger partial charge in [0.25, 0.3) is 5.91 Å². The van der Waals surface area contributed by atoms with Gasteiger partial charge < -0.3 is 14.7 Å². The van der Waals surface area contributed by atoms with Crippen molar-refractivity contribution in [3.63, 3.8) is 0 Å². The van der Waals surface area contributed by atoms with E-state index in [2.05, 4.69) is 31.4 Å². The number of halogens is 1. The van der Waals surface area contributed by atoms with Gasteiger partial charge in [0.15, 0.2) is 0 Å². The lowest BCUT2D eigenvalue weighted by Crippen LogP contribution is -2.41. The van der Waals surface area contributed by atoms with E-state index in [0.29, 0.717) is 48.8 Å². The summed E-state index contributed by atoms with van der Waals surface area (Å²) in [6.45, 7) is 2.76. The van der Waals surface area contributed by atoms with Crippen LogP contribution in [0.15, 0.2) is 57.7 Å². The van der Waals surface area contributed by atoms with E-state index in [4.69, 9.17) is 4.52 Å². The van der Waals surface area contributed by atoms with Gasteiger partial charge in [-0.2, -0.15) is 0 Å². The van der Waals surface area contributed by atoms with Crippen molar-refractivity contribution < 1.29 is 14.1 Å². The normalized spacial score (nSPS) is 14.5. The summed E-state index contributed by atoms with van der Waals surface area (Å²) in [5.41, 5.74) is 1.89. The molecule has 2 amide bonds. The van der Waals surface area contributed by atoms with Crippen molar-refractivity contribution in [3.05, 3.63) is 64.5 Å². The number of carbonyl (C=O) groups is 2. The quantitative estimate of drug-likeness (QED) is 0.616. The minimum absolute atomic E-state index is 0.0666.